The van der Waals surface area contributed by atoms with Crippen molar-refractivity contribution in [2.24, 2.45) is 0 Å². The number of ether oxygens (including phenoxy) is 1. The molecule has 1 unspecified atom stereocenters. The molecule has 2 heterocycles. The minimum atomic E-state index is -3.83. The Hall–Kier alpha value is -1.67. The molecule has 19 heavy (non-hydrogen) atoms. The molecule has 0 spiro atoms. The fourth-order valence-electron chi connectivity index (χ4n) is 2.15. The number of pyridine rings is 1. The molecule has 104 valence electrons. The number of rotatable bonds is 3. The third-order valence-corrected chi connectivity index (χ3v) is 5.02. The lowest BCUT2D eigenvalue weighted by molar-refractivity contribution is -0.144. The Morgan fingerprint density at radius 2 is 2.32 bits per heavy atom. The monoisotopic (exact) mass is 285 g/mol. The Morgan fingerprint density at radius 3 is 2.95 bits per heavy atom. The number of sulfonamides is 1. The smallest absolute Gasteiger partial charge is 0.324 e. The van der Waals surface area contributed by atoms with E-state index in [0.717, 1.165) is 4.31 Å². The van der Waals surface area contributed by atoms with Crippen LogP contribution in [0.2, 0.25) is 0 Å². The number of hydrogen-bond acceptors (Lipinski definition) is 6. The molecule has 1 aromatic rings. The van der Waals surface area contributed by atoms with Gasteiger partial charge >= 0.3 is 5.97 Å². The van der Waals surface area contributed by atoms with Gasteiger partial charge in [-0.3, -0.25) is 4.79 Å². The summed E-state index contributed by atoms with van der Waals surface area (Å²) in [5.41, 5.74) is 5.60. The molecule has 8 heteroatoms. The van der Waals surface area contributed by atoms with E-state index in [0.29, 0.717) is 12.8 Å². The first-order valence-electron chi connectivity index (χ1n) is 5.78. The second kappa shape index (κ2) is 5.14. The Kier molecular flexibility index (Phi) is 3.72. The summed E-state index contributed by atoms with van der Waals surface area (Å²) in [7, 11) is -2.59. The fraction of sp³-hybridized carbons (Fsp3) is 0.455. The molecule has 0 aromatic carbocycles. The normalized spacial score (nSPS) is 20.4. The summed E-state index contributed by atoms with van der Waals surface area (Å²) in [4.78, 5) is 15.3. The predicted molar refractivity (Wildman–Crippen MR) is 67.6 cm³/mol. The van der Waals surface area contributed by atoms with Gasteiger partial charge < -0.3 is 10.5 Å². The fourth-order valence-corrected chi connectivity index (χ4v) is 3.86. The number of nitrogens with two attached hydrogens (primary N) is 1. The maximum Gasteiger partial charge on any atom is 0.324 e. The van der Waals surface area contributed by atoms with Gasteiger partial charge in [-0.2, -0.15) is 4.31 Å². The van der Waals surface area contributed by atoms with Crippen LogP contribution in [0.3, 0.4) is 0 Å². The van der Waals surface area contributed by atoms with E-state index in [1.807, 2.05) is 0 Å². The lowest BCUT2D eigenvalue weighted by atomic mass is 10.2. The molecule has 1 aromatic heterocycles. The van der Waals surface area contributed by atoms with Crippen molar-refractivity contribution in [1.29, 1.82) is 0 Å². The van der Waals surface area contributed by atoms with Crippen LogP contribution >= 0.6 is 0 Å². The highest BCUT2D eigenvalue weighted by atomic mass is 32.2. The number of esters is 1. The van der Waals surface area contributed by atoms with Crippen LogP contribution in [0.1, 0.15) is 12.8 Å². The van der Waals surface area contributed by atoms with Crippen molar-refractivity contribution in [2.75, 3.05) is 19.4 Å². The number of nitrogens with zero attached hydrogens (tertiary/aromatic N) is 2. The molecular weight excluding hydrogens is 270 g/mol. The third kappa shape index (κ3) is 2.41. The highest BCUT2D eigenvalue weighted by molar-refractivity contribution is 7.89. The Balaban J connectivity index is 2.40. The van der Waals surface area contributed by atoms with Gasteiger partial charge in [-0.15, -0.1) is 0 Å². The van der Waals surface area contributed by atoms with E-state index in [1.54, 1.807) is 0 Å². The molecule has 2 N–H and O–H groups in total. The zero-order chi connectivity index (χ0) is 14.0. The van der Waals surface area contributed by atoms with Crippen molar-refractivity contribution in [1.82, 2.24) is 9.29 Å². The molecule has 0 radical (unpaired) electrons. The first kappa shape index (κ1) is 13.8. The van der Waals surface area contributed by atoms with Crippen molar-refractivity contribution in [3.63, 3.8) is 0 Å². The minimum absolute atomic E-state index is 0.0713. The van der Waals surface area contributed by atoms with Gasteiger partial charge in [0.25, 0.3) is 0 Å². The maximum absolute atomic E-state index is 12.5. The third-order valence-electron chi connectivity index (χ3n) is 3.06. The number of carbonyl (C=O) groups excluding carboxylic acids is 1. The molecular formula is C11H15N3O4S. The number of hydrogen-bond donors (Lipinski definition) is 1. The van der Waals surface area contributed by atoms with E-state index in [1.165, 1.54) is 25.4 Å². The largest absolute Gasteiger partial charge is 0.468 e. The van der Waals surface area contributed by atoms with Crippen molar-refractivity contribution in [3.8, 4) is 0 Å². The summed E-state index contributed by atoms with van der Waals surface area (Å²) in [6, 6.07) is 2.09. The van der Waals surface area contributed by atoms with Gasteiger partial charge in [0.2, 0.25) is 10.0 Å². The number of aromatic nitrogens is 1. The van der Waals surface area contributed by atoms with Crippen LogP contribution in [0, 0.1) is 0 Å². The summed E-state index contributed by atoms with van der Waals surface area (Å²) < 4.78 is 30.7. The van der Waals surface area contributed by atoms with E-state index in [-0.39, 0.29) is 17.3 Å². The highest BCUT2D eigenvalue weighted by Crippen LogP contribution is 2.28. The van der Waals surface area contributed by atoms with E-state index < -0.39 is 22.0 Å². The van der Waals surface area contributed by atoms with Crippen molar-refractivity contribution < 1.29 is 17.9 Å². The maximum atomic E-state index is 12.5. The molecule has 0 amide bonds. The van der Waals surface area contributed by atoms with Crippen LogP contribution in [0.4, 0.5) is 5.82 Å². The lowest BCUT2D eigenvalue weighted by Crippen LogP contribution is -2.41. The van der Waals surface area contributed by atoms with Gasteiger partial charge in [-0.05, 0) is 25.0 Å². The second-order valence-corrected chi connectivity index (χ2v) is 6.04. The number of carbonyl (C=O) groups is 1. The molecule has 1 aliphatic rings. The van der Waals surface area contributed by atoms with Crippen LogP contribution < -0.4 is 5.73 Å². The molecule has 0 aliphatic carbocycles. The van der Waals surface area contributed by atoms with Gasteiger partial charge in [0.05, 0.1) is 7.11 Å². The van der Waals surface area contributed by atoms with Gasteiger partial charge in [0, 0.05) is 12.7 Å². The second-order valence-electron chi connectivity index (χ2n) is 4.18. The summed E-state index contributed by atoms with van der Waals surface area (Å²) in [6.07, 6.45) is 2.47. The molecule has 1 aliphatic heterocycles. The Labute approximate surface area is 111 Å². The van der Waals surface area contributed by atoms with Crippen LogP contribution in [0.5, 0.6) is 0 Å². The van der Waals surface area contributed by atoms with Gasteiger partial charge in [0.15, 0.2) is 0 Å². The van der Waals surface area contributed by atoms with Gasteiger partial charge in [-0.1, -0.05) is 0 Å². The van der Waals surface area contributed by atoms with E-state index in [4.69, 9.17) is 5.73 Å². The molecule has 1 fully saturated rings. The molecule has 0 bridgehead atoms. The Morgan fingerprint density at radius 1 is 1.58 bits per heavy atom. The van der Waals surface area contributed by atoms with Crippen molar-refractivity contribution in [2.45, 2.75) is 23.8 Å². The number of nitrogen functional groups attached to an aromatic ring is 1. The van der Waals surface area contributed by atoms with Crippen LogP contribution in [-0.4, -0.2) is 43.4 Å². The average Bonchev–Trinajstić information content (AvgIpc) is 2.88. The average molecular weight is 285 g/mol. The summed E-state index contributed by atoms with van der Waals surface area (Å²) in [6.45, 7) is 0.274. The number of anilines is 1. The number of methoxy groups -OCH3 is 1. The Bertz CT molecular complexity index is 587. The molecule has 7 nitrogen and oxygen atoms in total. The topological polar surface area (TPSA) is 103 Å². The van der Waals surface area contributed by atoms with Crippen molar-refractivity contribution >= 4 is 21.8 Å². The quantitative estimate of drug-likeness (QED) is 0.784. The van der Waals surface area contributed by atoms with Gasteiger partial charge in [0.1, 0.15) is 16.8 Å². The van der Waals surface area contributed by atoms with E-state index in [9.17, 15) is 13.2 Å². The lowest BCUT2D eigenvalue weighted by Gasteiger charge is -2.22. The molecule has 1 saturated heterocycles. The zero-order valence-corrected chi connectivity index (χ0v) is 11.3. The summed E-state index contributed by atoms with van der Waals surface area (Å²) in [5, 5.41) is 0. The van der Waals surface area contributed by atoms with Gasteiger partial charge in [-0.25, -0.2) is 13.4 Å². The first-order chi connectivity index (χ1) is 8.98. The SMILES string of the molecule is COC(=O)C1CCCN1S(=O)(=O)c1cccnc1N. The van der Waals surface area contributed by atoms with Crippen LogP contribution in [-0.2, 0) is 19.6 Å². The summed E-state index contributed by atoms with van der Waals surface area (Å²) >= 11 is 0. The zero-order valence-electron chi connectivity index (χ0n) is 10.4. The van der Waals surface area contributed by atoms with E-state index >= 15 is 0 Å². The van der Waals surface area contributed by atoms with Crippen molar-refractivity contribution in [3.05, 3.63) is 18.3 Å². The minimum Gasteiger partial charge on any atom is -0.468 e. The predicted octanol–water partition coefficient (Wildman–Crippen LogP) is -0.0101. The molecule has 0 saturated carbocycles. The molecule has 1 atom stereocenters. The standard InChI is InChI=1S/C11H15N3O4S/c1-18-11(15)8-4-3-7-14(8)19(16,17)9-5-2-6-13-10(9)12/h2,5-6,8H,3-4,7H2,1H3,(H2,12,13). The summed E-state index contributed by atoms with van der Waals surface area (Å²) in [5.74, 6) is -0.624. The van der Waals surface area contributed by atoms with Crippen LogP contribution in [0.25, 0.3) is 0 Å². The molecule has 2 rings (SSSR count). The highest BCUT2D eigenvalue weighted by Gasteiger charge is 2.40. The van der Waals surface area contributed by atoms with Crippen LogP contribution in [0.15, 0.2) is 23.2 Å². The van der Waals surface area contributed by atoms with E-state index in [2.05, 4.69) is 9.72 Å². The first-order valence-corrected chi connectivity index (χ1v) is 7.22.